The van der Waals surface area contributed by atoms with Gasteiger partial charge in [-0.25, -0.2) is 4.98 Å². The van der Waals surface area contributed by atoms with E-state index in [1.807, 2.05) is 13.8 Å². The molecule has 3 atom stereocenters. The number of hydrogen-bond donors (Lipinski definition) is 1. The zero-order valence-electron chi connectivity index (χ0n) is 19.5. The van der Waals surface area contributed by atoms with Crippen molar-refractivity contribution in [2.24, 2.45) is 5.92 Å². The van der Waals surface area contributed by atoms with Gasteiger partial charge in [0.25, 0.3) is 5.91 Å². The van der Waals surface area contributed by atoms with Gasteiger partial charge in [0.15, 0.2) is 0 Å². The molecule has 33 heavy (non-hydrogen) atoms. The standard InChI is InChI=1S/C25H30N4O4/c1-5-23(31)28(4)15-22-17(2)14-29(18(3)16-30)25(32)21-12-20(13-27-24(21)33-22)7-6-19-8-10-26-11-9-19/h8-13,17-18,22,30H,5,14-16H2,1-4H3/t17-,18-,22-/m1/s1. The Bertz CT molecular complexity index is 1050. The molecular weight excluding hydrogens is 420 g/mol. The molecule has 2 aromatic heterocycles. The van der Waals surface area contributed by atoms with Gasteiger partial charge in [-0.05, 0) is 25.1 Å². The maximum absolute atomic E-state index is 13.4. The average molecular weight is 451 g/mol. The molecule has 0 aliphatic carbocycles. The molecule has 0 radical (unpaired) electrons. The SMILES string of the molecule is CCC(=O)N(C)C[C@H]1Oc2ncc(C#Cc3ccncc3)cc2C(=O)N([C@H](C)CO)C[C@H]1C. The second-order valence-electron chi connectivity index (χ2n) is 8.31. The van der Waals surface area contributed by atoms with E-state index in [9.17, 15) is 14.7 Å². The normalized spacial score (nSPS) is 18.7. The van der Waals surface area contributed by atoms with Gasteiger partial charge in [0.2, 0.25) is 11.8 Å². The van der Waals surface area contributed by atoms with Gasteiger partial charge in [-0.15, -0.1) is 0 Å². The fourth-order valence-electron chi connectivity index (χ4n) is 3.61. The molecule has 0 saturated heterocycles. The number of carbonyl (C=O) groups excluding carboxylic acids is 2. The smallest absolute Gasteiger partial charge is 0.259 e. The summed E-state index contributed by atoms with van der Waals surface area (Å²) < 4.78 is 6.19. The third-order valence-corrected chi connectivity index (χ3v) is 5.73. The number of likely N-dealkylation sites (N-methyl/N-ethyl adjacent to an activating group) is 1. The van der Waals surface area contributed by atoms with E-state index in [4.69, 9.17) is 4.74 Å². The van der Waals surface area contributed by atoms with Crippen LogP contribution in [0.25, 0.3) is 0 Å². The zero-order valence-corrected chi connectivity index (χ0v) is 19.5. The zero-order chi connectivity index (χ0) is 24.0. The van der Waals surface area contributed by atoms with Crippen LogP contribution in [-0.4, -0.2) is 75.6 Å². The van der Waals surface area contributed by atoms with Crippen molar-refractivity contribution in [3.05, 3.63) is 53.5 Å². The van der Waals surface area contributed by atoms with E-state index in [1.54, 1.807) is 60.6 Å². The Morgan fingerprint density at radius 3 is 2.70 bits per heavy atom. The first-order valence-corrected chi connectivity index (χ1v) is 11.1. The highest BCUT2D eigenvalue weighted by atomic mass is 16.5. The second kappa shape index (κ2) is 10.9. The summed E-state index contributed by atoms with van der Waals surface area (Å²) >= 11 is 0. The first-order valence-electron chi connectivity index (χ1n) is 11.1. The van der Waals surface area contributed by atoms with E-state index in [2.05, 4.69) is 21.8 Å². The molecule has 8 heteroatoms. The number of aliphatic hydroxyl groups is 1. The van der Waals surface area contributed by atoms with E-state index < -0.39 is 0 Å². The molecule has 0 saturated carbocycles. The Morgan fingerprint density at radius 2 is 2.03 bits per heavy atom. The Hall–Kier alpha value is -3.44. The Morgan fingerprint density at radius 1 is 1.33 bits per heavy atom. The lowest BCUT2D eigenvalue weighted by atomic mass is 10.00. The first kappa shape index (κ1) is 24.2. The predicted octanol–water partition coefficient (Wildman–Crippen LogP) is 1.96. The van der Waals surface area contributed by atoms with Crippen LogP contribution in [0.3, 0.4) is 0 Å². The topological polar surface area (TPSA) is 95.9 Å². The maximum atomic E-state index is 13.4. The van der Waals surface area contributed by atoms with Crippen molar-refractivity contribution in [3.8, 4) is 17.7 Å². The Labute approximate surface area is 194 Å². The number of hydrogen-bond acceptors (Lipinski definition) is 6. The van der Waals surface area contributed by atoms with Crippen molar-refractivity contribution in [2.45, 2.75) is 39.3 Å². The molecule has 1 aliphatic heterocycles. The lowest BCUT2D eigenvalue weighted by molar-refractivity contribution is -0.131. The molecule has 0 bridgehead atoms. The van der Waals surface area contributed by atoms with E-state index in [0.717, 1.165) is 5.56 Å². The van der Waals surface area contributed by atoms with Gasteiger partial charge in [-0.2, -0.15) is 0 Å². The summed E-state index contributed by atoms with van der Waals surface area (Å²) in [5.41, 5.74) is 1.66. The fourth-order valence-corrected chi connectivity index (χ4v) is 3.61. The van der Waals surface area contributed by atoms with Gasteiger partial charge in [-0.3, -0.25) is 14.6 Å². The quantitative estimate of drug-likeness (QED) is 0.700. The summed E-state index contributed by atoms with van der Waals surface area (Å²) in [6.07, 6.45) is 4.93. The summed E-state index contributed by atoms with van der Waals surface area (Å²) in [5, 5.41) is 9.76. The molecule has 3 rings (SSSR count). The van der Waals surface area contributed by atoms with Gasteiger partial charge < -0.3 is 19.6 Å². The Kier molecular flexibility index (Phi) is 8.01. The summed E-state index contributed by atoms with van der Waals surface area (Å²) in [5.74, 6) is 5.93. The third-order valence-electron chi connectivity index (χ3n) is 5.73. The van der Waals surface area contributed by atoms with Crippen LogP contribution in [0.15, 0.2) is 36.8 Å². The van der Waals surface area contributed by atoms with Crippen LogP contribution in [-0.2, 0) is 4.79 Å². The largest absolute Gasteiger partial charge is 0.472 e. The summed E-state index contributed by atoms with van der Waals surface area (Å²) in [7, 11) is 1.74. The van der Waals surface area contributed by atoms with Crippen LogP contribution in [0.1, 0.15) is 48.7 Å². The van der Waals surface area contributed by atoms with Crippen LogP contribution in [0.5, 0.6) is 5.88 Å². The predicted molar refractivity (Wildman–Crippen MR) is 124 cm³/mol. The number of aliphatic hydroxyl groups excluding tert-OH is 1. The van der Waals surface area contributed by atoms with Crippen LogP contribution in [0.4, 0.5) is 0 Å². The molecule has 2 amide bonds. The number of pyridine rings is 2. The van der Waals surface area contributed by atoms with E-state index >= 15 is 0 Å². The molecule has 1 N–H and O–H groups in total. The Balaban J connectivity index is 1.98. The third kappa shape index (κ3) is 5.88. The highest BCUT2D eigenvalue weighted by Gasteiger charge is 2.34. The molecule has 1 aliphatic rings. The molecule has 0 spiro atoms. The highest BCUT2D eigenvalue weighted by Crippen LogP contribution is 2.27. The summed E-state index contributed by atoms with van der Waals surface area (Å²) in [4.78, 5) is 37.2. The van der Waals surface area contributed by atoms with Crippen LogP contribution in [0.2, 0.25) is 0 Å². The number of rotatable bonds is 5. The molecule has 0 fully saturated rings. The lowest BCUT2D eigenvalue weighted by Crippen LogP contribution is -2.50. The highest BCUT2D eigenvalue weighted by molar-refractivity contribution is 5.97. The number of aromatic nitrogens is 2. The van der Waals surface area contributed by atoms with Crippen LogP contribution >= 0.6 is 0 Å². The van der Waals surface area contributed by atoms with E-state index in [0.29, 0.717) is 25.1 Å². The van der Waals surface area contributed by atoms with Crippen molar-refractivity contribution in [2.75, 3.05) is 26.7 Å². The maximum Gasteiger partial charge on any atom is 0.259 e. The molecule has 3 heterocycles. The van der Waals surface area contributed by atoms with Crippen molar-refractivity contribution in [1.82, 2.24) is 19.8 Å². The van der Waals surface area contributed by atoms with E-state index in [-0.39, 0.29) is 47.9 Å². The molecule has 174 valence electrons. The van der Waals surface area contributed by atoms with Gasteiger partial charge in [0, 0.05) is 55.6 Å². The van der Waals surface area contributed by atoms with Gasteiger partial charge in [-0.1, -0.05) is 25.7 Å². The fraction of sp³-hybridized carbons (Fsp3) is 0.440. The van der Waals surface area contributed by atoms with Gasteiger partial charge >= 0.3 is 0 Å². The minimum atomic E-state index is -0.381. The van der Waals surface area contributed by atoms with Crippen LogP contribution < -0.4 is 4.74 Å². The number of amides is 2. The van der Waals surface area contributed by atoms with Crippen molar-refractivity contribution < 1.29 is 19.4 Å². The first-order chi connectivity index (χ1) is 15.8. The minimum absolute atomic E-state index is 0.0134. The van der Waals surface area contributed by atoms with Gasteiger partial charge in [0.1, 0.15) is 11.7 Å². The van der Waals surface area contributed by atoms with Gasteiger partial charge in [0.05, 0.1) is 19.2 Å². The number of nitrogens with zero attached hydrogens (tertiary/aromatic N) is 4. The van der Waals surface area contributed by atoms with Crippen molar-refractivity contribution in [3.63, 3.8) is 0 Å². The molecule has 0 aromatic carbocycles. The minimum Gasteiger partial charge on any atom is -0.472 e. The molecule has 8 nitrogen and oxygen atoms in total. The summed E-state index contributed by atoms with van der Waals surface area (Å²) in [6, 6.07) is 4.89. The number of carbonyl (C=O) groups is 2. The monoisotopic (exact) mass is 450 g/mol. The van der Waals surface area contributed by atoms with Crippen molar-refractivity contribution >= 4 is 11.8 Å². The number of fused-ring (bicyclic) bond motifs is 1. The second-order valence-corrected chi connectivity index (χ2v) is 8.31. The van der Waals surface area contributed by atoms with Crippen molar-refractivity contribution in [1.29, 1.82) is 0 Å². The number of ether oxygens (including phenoxy) is 1. The molecular formula is C25H30N4O4. The summed E-state index contributed by atoms with van der Waals surface area (Å²) in [6.45, 7) is 6.17. The molecule has 0 unspecified atom stereocenters. The van der Waals surface area contributed by atoms with Crippen LogP contribution in [0, 0.1) is 17.8 Å². The van der Waals surface area contributed by atoms with E-state index in [1.165, 1.54) is 0 Å². The average Bonchev–Trinajstić information content (AvgIpc) is 2.84. The molecule has 2 aromatic rings. The lowest BCUT2D eigenvalue weighted by Gasteiger charge is -2.37.